The molecule has 0 saturated heterocycles. The lowest BCUT2D eigenvalue weighted by molar-refractivity contribution is -0.119. The van der Waals surface area contributed by atoms with Crippen molar-refractivity contribution in [2.24, 2.45) is 5.92 Å². The molecule has 1 nitrogen and oxygen atoms in total. The van der Waals surface area contributed by atoms with Crippen LogP contribution in [-0.2, 0) is 4.79 Å². The molecular formula is C7H10Br2O. The first kappa shape index (κ1) is 8.72. The topological polar surface area (TPSA) is 17.1 Å². The second-order valence-corrected chi connectivity index (χ2v) is 5.12. The van der Waals surface area contributed by atoms with E-state index in [0.717, 1.165) is 12.8 Å². The van der Waals surface area contributed by atoms with Crippen molar-refractivity contribution < 1.29 is 4.79 Å². The molecule has 3 heteroatoms. The highest BCUT2D eigenvalue weighted by molar-refractivity contribution is 9.10. The van der Waals surface area contributed by atoms with E-state index in [1.165, 1.54) is 0 Å². The Morgan fingerprint density at radius 3 is 2.10 bits per heavy atom. The number of carbonyl (C=O) groups is 1. The average molecular weight is 270 g/mol. The van der Waals surface area contributed by atoms with E-state index < -0.39 is 0 Å². The van der Waals surface area contributed by atoms with Crippen molar-refractivity contribution in [2.75, 3.05) is 0 Å². The minimum Gasteiger partial charge on any atom is -0.297 e. The molecule has 10 heavy (non-hydrogen) atoms. The summed E-state index contributed by atoms with van der Waals surface area (Å²) in [5, 5.41) is 0. The molecule has 0 aromatic heterocycles. The lowest BCUT2D eigenvalue weighted by Gasteiger charge is -2.25. The van der Waals surface area contributed by atoms with Gasteiger partial charge in [-0.25, -0.2) is 0 Å². The molecule has 2 atom stereocenters. The number of hydrogen-bond acceptors (Lipinski definition) is 1. The van der Waals surface area contributed by atoms with Crippen molar-refractivity contribution >= 4 is 37.6 Å². The number of alkyl halides is 2. The van der Waals surface area contributed by atoms with Gasteiger partial charge in [0.2, 0.25) is 0 Å². The van der Waals surface area contributed by atoms with Gasteiger partial charge in [-0.15, -0.1) is 0 Å². The molecule has 2 unspecified atom stereocenters. The molecule has 0 aromatic rings. The van der Waals surface area contributed by atoms with Crippen LogP contribution in [0, 0.1) is 5.92 Å². The van der Waals surface area contributed by atoms with Gasteiger partial charge in [-0.3, -0.25) is 4.79 Å². The number of Topliss-reactive ketones (excluding diaryl/α,β-unsaturated/α-hetero) is 1. The van der Waals surface area contributed by atoms with Crippen molar-refractivity contribution in [3.05, 3.63) is 0 Å². The van der Waals surface area contributed by atoms with Crippen LogP contribution in [0.25, 0.3) is 0 Å². The summed E-state index contributed by atoms with van der Waals surface area (Å²) in [6.07, 6.45) is 1.97. The zero-order valence-corrected chi connectivity index (χ0v) is 8.98. The molecule has 0 amide bonds. The number of hydrogen-bond donors (Lipinski definition) is 0. The maximum atomic E-state index is 11.2. The van der Waals surface area contributed by atoms with E-state index in [1.807, 2.05) is 0 Å². The SMILES string of the molecule is CC1CC(Br)C(=O)C(Br)C1. The standard InChI is InChI=1S/C7H10Br2O/c1-4-2-5(8)7(10)6(9)3-4/h4-6H,2-3H2,1H3. The summed E-state index contributed by atoms with van der Waals surface area (Å²) in [6, 6.07) is 0. The molecule has 0 N–H and O–H groups in total. The van der Waals surface area contributed by atoms with Gasteiger partial charge < -0.3 is 0 Å². The number of ketones is 1. The van der Waals surface area contributed by atoms with E-state index in [0.29, 0.717) is 11.7 Å². The second-order valence-electron chi connectivity index (χ2n) is 2.91. The van der Waals surface area contributed by atoms with Gasteiger partial charge in [-0.1, -0.05) is 38.8 Å². The van der Waals surface area contributed by atoms with Crippen LogP contribution in [0.1, 0.15) is 19.8 Å². The van der Waals surface area contributed by atoms with Crippen molar-refractivity contribution in [1.29, 1.82) is 0 Å². The van der Waals surface area contributed by atoms with Gasteiger partial charge in [0.1, 0.15) is 0 Å². The molecule has 0 radical (unpaired) electrons. The summed E-state index contributed by atoms with van der Waals surface area (Å²) < 4.78 is 0. The number of rotatable bonds is 0. The Hall–Kier alpha value is 0.630. The van der Waals surface area contributed by atoms with Crippen LogP contribution in [0.2, 0.25) is 0 Å². The molecule has 0 aromatic carbocycles. The number of carbonyl (C=O) groups excluding carboxylic acids is 1. The molecule has 0 heterocycles. The van der Waals surface area contributed by atoms with E-state index in [9.17, 15) is 4.79 Å². The first-order chi connectivity index (χ1) is 4.61. The minimum atomic E-state index is 0.0839. The summed E-state index contributed by atoms with van der Waals surface area (Å²) in [7, 11) is 0. The van der Waals surface area contributed by atoms with E-state index in [2.05, 4.69) is 38.8 Å². The first-order valence-corrected chi connectivity index (χ1v) is 5.26. The quantitative estimate of drug-likeness (QED) is 0.618. The fourth-order valence-electron chi connectivity index (χ4n) is 1.23. The van der Waals surface area contributed by atoms with Gasteiger partial charge in [0.25, 0.3) is 0 Å². The molecule has 1 saturated carbocycles. The fraction of sp³-hybridized carbons (Fsp3) is 0.857. The normalized spacial score (nSPS) is 41.9. The molecule has 0 aliphatic heterocycles. The Kier molecular flexibility index (Phi) is 2.92. The Morgan fingerprint density at radius 2 is 1.70 bits per heavy atom. The Morgan fingerprint density at radius 1 is 1.30 bits per heavy atom. The Balaban J connectivity index is 2.57. The average Bonchev–Trinajstić information content (AvgIpc) is 1.82. The molecular weight excluding hydrogens is 260 g/mol. The third-order valence-corrected chi connectivity index (χ3v) is 3.49. The van der Waals surface area contributed by atoms with Gasteiger partial charge in [0.15, 0.2) is 5.78 Å². The molecule has 0 spiro atoms. The minimum absolute atomic E-state index is 0.0839. The largest absolute Gasteiger partial charge is 0.297 e. The third-order valence-electron chi connectivity index (χ3n) is 1.84. The molecule has 1 aliphatic rings. The summed E-state index contributed by atoms with van der Waals surface area (Å²) in [5.41, 5.74) is 0. The van der Waals surface area contributed by atoms with Crippen molar-refractivity contribution in [2.45, 2.75) is 29.4 Å². The molecule has 58 valence electrons. The first-order valence-electron chi connectivity index (χ1n) is 3.43. The van der Waals surface area contributed by atoms with Gasteiger partial charge >= 0.3 is 0 Å². The summed E-state index contributed by atoms with van der Waals surface area (Å²) in [5.74, 6) is 0.963. The van der Waals surface area contributed by atoms with Crippen LogP contribution in [-0.4, -0.2) is 15.4 Å². The highest BCUT2D eigenvalue weighted by atomic mass is 79.9. The highest BCUT2D eigenvalue weighted by Gasteiger charge is 2.30. The van der Waals surface area contributed by atoms with Crippen LogP contribution < -0.4 is 0 Å². The predicted molar refractivity (Wildman–Crippen MR) is 48.8 cm³/mol. The zero-order chi connectivity index (χ0) is 7.72. The van der Waals surface area contributed by atoms with Crippen LogP contribution in [0.15, 0.2) is 0 Å². The smallest absolute Gasteiger partial charge is 0.160 e. The summed E-state index contributed by atoms with van der Waals surface area (Å²) in [4.78, 5) is 11.3. The van der Waals surface area contributed by atoms with Crippen LogP contribution in [0.4, 0.5) is 0 Å². The maximum absolute atomic E-state index is 11.2. The van der Waals surface area contributed by atoms with Gasteiger partial charge in [0.05, 0.1) is 9.65 Å². The van der Waals surface area contributed by atoms with Crippen molar-refractivity contribution in [3.63, 3.8) is 0 Å². The van der Waals surface area contributed by atoms with E-state index in [-0.39, 0.29) is 9.65 Å². The molecule has 1 aliphatic carbocycles. The Labute approximate surface area is 77.8 Å². The highest BCUT2D eigenvalue weighted by Crippen LogP contribution is 2.29. The van der Waals surface area contributed by atoms with Crippen molar-refractivity contribution in [1.82, 2.24) is 0 Å². The second kappa shape index (κ2) is 3.35. The van der Waals surface area contributed by atoms with Gasteiger partial charge in [-0.05, 0) is 18.8 Å². The summed E-state index contributed by atoms with van der Waals surface area (Å²) in [6.45, 7) is 2.18. The third kappa shape index (κ3) is 1.82. The molecule has 1 rings (SSSR count). The van der Waals surface area contributed by atoms with Gasteiger partial charge in [0, 0.05) is 0 Å². The lowest BCUT2D eigenvalue weighted by atomic mass is 9.90. The van der Waals surface area contributed by atoms with E-state index in [1.54, 1.807) is 0 Å². The van der Waals surface area contributed by atoms with Crippen molar-refractivity contribution in [3.8, 4) is 0 Å². The Bertz CT molecular complexity index is 133. The van der Waals surface area contributed by atoms with Gasteiger partial charge in [-0.2, -0.15) is 0 Å². The van der Waals surface area contributed by atoms with Crippen LogP contribution in [0.5, 0.6) is 0 Å². The fourth-order valence-corrected chi connectivity index (χ4v) is 3.50. The molecule has 1 fully saturated rings. The van der Waals surface area contributed by atoms with Crippen LogP contribution >= 0.6 is 31.9 Å². The van der Waals surface area contributed by atoms with E-state index >= 15 is 0 Å². The molecule has 0 bridgehead atoms. The predicted octanol–water partition coefficient (Wildman–Crippen LogP) is 2.51. The van der Waals surface area contributed by atoms with Crippen LogP contribution in [0.3, 0.4) is 0 Å². The monoisotopic (exact) mass is 268 g/mol. The zero-order valence-electron chi connectivity index (χ0n) is 5.81. The maximum Gasteiger partial charge on any atom is 0.160 e. The number of halogens is 2. The van der Waals surface area contributed by atoms with E-state index in [4.69, 9.17) is 0 Å². The summed E-state index contributed by atoms with van der Waals surface area (Å²) >= 11 is 6.71. The lowest BCUT2D eigenvalue weighted by Crippen LogP contribution is -2.32.